The summed E-state index contributed by atoms with van der Waals surface area (Å²) < 4.78 is 40.0. The van der Waals surface area contributed by atoms with E-state index in [1.807, 2.05) is 30.3 Å². The number of carbonyl (C=O) groups is 3. The van der Waals surface area contributed by atoms with Crippen molar-refractivity contribution in [2.75, 3.05) is 19.6 Å². The highest BCUT2D eigenvalue weighted by Gasteiger charge is 2.51. The molecule has 40 heavy (non-hydrogen) atoms. The Morgan fingerprint density at radius 3 is 2.42 bits per heavy atom. The lowest BCUT2D eigenvalue weighted by molar-refractivity contribution is -0.243. The molecule has 0 bridgehead atoms. The molecule has 1 N–H and O–H groups in total. The van der Waals surface area contributed by atoms with E-state index >= 15 is 0 Å². The van der Waals surface area contributed by atoms with Gasteiger partial charge in [-0.25, -0.2) is 4.79 Å². The van der Waals surface area contributed by atoms with Gasteiger partial charge in [0.1, 0.15) is 0 Å². The molecule has 2 amide bonds. The van der Waals surface area contributed by atoms with Crippen LogP contribution in [0.25, 0.3) is 0 Å². The second-order valence-electron chi connectivity index (χ2n) is 10.8. The average Bonchev–Trinajstić information content (AvgIpc) is 3.44. The van der Waals surface area contributed by atoms with Crippen molar-refractivity contribution in [1.29, 1.82) is 0 Å². The van der Waals surface area contributed by atoms with Gasteiger partial charge in [0.2, 0.25) is 5.91 Å². The zero-order valence-electron chi connectivity index (χ0n) is 22.3. The van der Waals surface area contributed by atoms with Crippen molar-refractivity contribution in [3.63, 3.8) is 0 Å². The van der Waals surface area contributed by atoms with E-state index in [0.717, 1.165) is 55.6 Å². The number of halogens is 3. The van der Waals surface area contributed by atoms with Gasteiger partial charge in [-0.1, -0.05) is 49.6 Å². The Hall–Kier alpha value is -2.73. The first kappa shape index (κ1) is 28.8. The molecule has 1 aromatic carbocycles. The topological polar surface area (TPSA) is 82.2 Å². The van der Waals surface area contributed by atoms with Crippen LogP contribution in [-0.4, -0.2) is 75.2 Å². The van der Waals surface area contributed by atoms with Crippen LogP contribution in [0.1, 0.15) is 63.4 Å². The summed E-state index contributed by atoms with van der Waals surface area (Å²) in [6.45, 7) is 1.29. The Kier molecular flexibility index (Phi) is 8.94. The van der Waals surface area contributed by atoms with E-state index in [1.54, 1.807) is 9.80 Å². The Labute approximate surface area is 236 Å². The van der Waals surface area contributed by atoms with E-state index < -0.39 is 17.6 Å². The van der Waals surface area contributed by atoms with Gasteiger partial charge in [0.05, 0.1) is 17.8 Å². The molecule has 1 atom stereocenters. The SMILES string of the molecule is O=C(CCNCc1ccccc1)N1CCC2=C(C1)C(=O)N(C1CCCC1)C(SC1CCC1)N2OC(=O)C(F)(F)F. The number of thioether (sulfide) groups is 1. The molecule has 218 valence electrons. The van der Waals surface area contributed by atoms with Gasteiger partial charge in [0.15, 0.2) is 5.50 Å². The van der Waals surface area contributed by atoms with Crippen LogP contribution >= 0.6 is 11.8 Å². The number of hydroxylamine groups is 2. The summed E-state index contributed by atoms with van der Waals surface area (Å²) in [6, 6.07) is 9.66. The highest BCUT2D eigenvalue weighted by atomic mass is 32.2. The zero-order valence-corrected chi connectivity index (χ0v) is 23.1. The van der Waals surface area contributed by atoms with Crippen LogP contribution in [0.4, 0.5) is 13.2 Å². The van der Waals surface area contributed by atoms with Crippen molar-refractivity contribution >= 4 is 29.5 Å². The molecule has 2 fully saturated rings. The number of rotatable bonds is 9. The molecule has 0 spiro atoms. The first-order chi connectivity index (χ1) is 19.2. The van der Waals surface area contributed by atoms with E-state index in [1.165, 1.54) is 11.8 Å². The number of amides is 2. The third-order valence-electron chi connectivity index (χ3n) is 8.05. The lowest BCUT2D eigenvalue weighted by Crippen LogP contribution is -2.61. The van der Waals surface area contributed by atoms with Crippen LogP contribution in [0.2, 0.25) is 0 Å². The molecule has 0 saturated heterocycles. The molecule has 5 rings (SSSR count). The molecule has 4 aliphatic rings. The van der Waals surface area contributed by atoms with Crippen molar-refractivity contribution < 1.29 is 32.4 Å². The summed E-state index contributed by atoms with van der Waals surface area (Å²) in [5.74, 6) is -2.71. The number of carbonyl (C=O) groups excluding carboxylic acids is 3. The molecule has 2 aliphatic heterocycles. The highest BCUT2D eigenvalue weighted by molar-refractivity contribution is 8.00. The first-order valence-corrected chi connectivity index (χ1v) is 15.0. The minimum atomic E-state index is -5.17. The Balaban J connectivity index is 1.34. The van der Waals surface area contributed by atoms with Crippen LogP contribution in [-0.2, 0) is 25.8 Å². The molecule has 2 aliphatic carbocycles. The van der Waals surface area contributed by atoms with Crippen LogP contribution in [0.3, 0.4) is 0 Å². The predicted molar refractivity (Wildman–Crippen MR) is 143 cm³/mol. The Morgan fingerprint density at radius 1 is 1.05 bits per heavy atom. The molecular formula is C28H35F3N4O4S. The maximum atomic E-state index is 14.0. The van der Waals surface area contributed by atoms with Gasteiger partial charge < -0.3 is 20.0 Å². The summed E-state index contributed by atoms with van der Waals surface area (Å²) >= 11 is 1.40. The quantitative estimate of drug-likeness (QED) is 0.436. The fourth-order valence-corrected chi connectivity index (χ4v) is 7.28. The average molecular weight is 581 g/mol. The molecule has 1 aromatic rings. The summed E-state index contributed by atoms with van der Waals surface area (Å²) in [6.07, 6.45) is 1.35. The second-order valence-corrected chi connectivity index (χ2v) is 12.1. The fraction of sp³-hybridized carbons (Fsp3) is 0.607. The van der Waals surface area contributed by atoms with Gasteiger partial charge in [-0.15, -0.1) is 11.8 Å². The molecule has 0 radical (unpaired) electrons. The molecule has 1 unspecified atom stereocenters. The fourth-order valence-electron chi connectivity index (χ4n) is 5.65. The van der Waals surface area contributed by atoms with Crippen molar-refractivity contribution in [3.05, 3.63) is 47.2 Å². The molecule has 2 heterocycles. The van der Waals surface area contributed by atoms with Crippen molar-refractivity contribution in [3.8, 4) is 0 Å². The van der Waals surface area contributed by atoms with Gasteiger partial charge in [-0.2, -0.15) is 18.2 Å². The summed E-state index contributed by atoms with van der Waals surface area (Å²) in [5, 5.41) is 4.48. The summed E-state index contributed by atoms with van der Waals surface area (Å²) in [5.41, 5.74) is 0.768. The number of nitrogens with zero attached hydrogens (tertiary/aromatic N) is 3. The van der Waals surface area contributed by atoms with Gasteiger partial charge in [-0.05, 0) is 31.2 Å². The van der Waals surface area contributed by atoms with Crippen molar-refractivity contribution in [1.82, 2.24) is 20.2 Å². The standard InChI is InChI=1S/C28H35F3N4O4S/c29-28(30,31)26(38)39-35-23-14-16-33(24(36)13-15-32-17-19-7-2-1-3-8-19)18-22(23)25(37)34(20-9-4-5-10-20)27(35)40-21-11-6-12-21/h1-3,7-8,20-21,27,32H,4-6,9-18H2. The van der Waals surface area contributed by atoms with E-state index in [2.05, 4.69) is 5.32 Å². The van der Waals surface area contributed by atoms with E-state index in [-0.39, 0.29) is 60.3 Å². The second kappa shape index (κ2) is 12.4. The normalized spacial score (nSPS) is 22.4. The lowest BCUT2D eigenvalue weighted by Gasteiger charge is -2.50. The van der Waals surface area contributed by atoms with Crippen LogP contribution in [0, 0.1) is 0 Å². The molecule has 12 heteroatoms. The van der Waals surface area contributed by atoms with E-state index in [4.69, 9.17) is 4.84 Å². The van der Waals surface area contributed by atoms with Crippen molar-refractivity contribution in [2.24, 2.45) is 0 Å². The maximum Gasteiger partial charge on any atom is 0.493 e. The van der Waals surface area contributed by atoms with Crippen LogP contribution in [0.15, 0.2) is 41.6 Å². The minimum absolute atomic E-state index is 0.0181. The van der Waals surface area contributed by atoms with Gasteiger partial charge in [0, 0.05) is 43.8 Å². The number of alkyl halides is 3. The van der Waals surface area contributed by atoms with Gasteiger partial charge in [0.25, 0.3) is 5.91 Å². The number of nitrogens with one attached hydrogen (secondary N) is 1. The third kappa shape index (κ3) is 6.43. The van der Waals surface area contributed by atoms with E-state index in [9.17, 15) is 27.6 Å². The van der Waals surface area contributed by atoms with Crippen LogP contribution < -0.4 is 5.32 Å². The smallest absolute Gasteiger partial charge is 0.338 e. The first-order valence-electron chi connectivity index (χ1n) is 14.0. The number of benzene rings is 1. The molecule has 2 saturated carbocycles. The third-order valence-corrected chi connectivity index (χ3v) is 9.57. The predicted octanol–water partition coefficient (Wildman–Crippen LogP) is 4.33. The van der Waals surface area contributed by atoms with Gasteiger partial charge in [-0.3, -0.25) is 9.59 Å². The Bertz CT molecular complexity index is 1120. The molecule has 8 nitrogen and oxygen atoms in total. The summed E-state index contributed by atoms with van der Waals surface area (Å²) in [7, 11) is 0. The zero-order chi connectivity index (χ0) is 28.3. The lowest BCUT2D eigenvalue weighted by atomic mass is 10.00. The number of hydrogen-bond donors (Lipinski definition) is 1. The van der Waals surface area contributed by atoms with E-state index in [0.29, 0.717) is 13.1 Å². The highest BCUT2D eigenvalue weighted by Crippen LogP contribution is 2.45. The minimum Gasteiger partial charge on any atom is -0.338 e. The molecule has 0 aromatic heterocycles. The summed E-state index contributed by atoms with van der Waals surface area (Å²) in [4.78, 5) is 47.4. The van der Waals surface area contributed by atoms with Gasteiger partial charge >= 0.3 is 12.1 Å². The maximum absolute atomic E-state index is 14.0. The Morgan fingerprint density at radius 2 is 1.77 bits per heavy atom. The molecular weight excluding hydrogens is 545 g/mol. The van der Waals surface area contributed by atoms with Crippen LogP contribution in [0.5, 0.6) is 0 Å². The largest absolute Gasteiger partial charge is 0.493 e. The van der Waals surface area contributed by atoms with Crippen molar-refractivity contribution in [2.45, 2.75) is 87.3 Å². The monoisotopic (exact) mass is 580 g/mol. The number of hydrogen-bond acceptors (Lipinski definition) is 7.